The molecule has 84 valence electrons. The maximum Gasteiger partial charge on any atom is 0.204 e. The summed E-state index contributed by atoms with van der Waals surface area (Å²) >= 11 is 6.30. The van der Waals surface area contributed by atoms with Crippen molar-refractivity contribution in [1.82, 2.24) is 9.55 Å². The molecule has 0 spiro atoms. The Hall–Kier alpha value is -0.740. The number of nitrogens with one attached hydrogen (secondary N) is 1. The minimum absolute atomic E-state index is 0.0345. The molecule has 15 heavy (non-hydrogen) atoms. The monoisotopic (exact) mass is 228 g/mol. The highest BCUT2D eigenvalue weighted by Gasteiger charge is 2.27. The van der Waals surface area contributed by atoms with E-state index in [4.69, 9.17) is 17.3 Å². The lowest BCUT2D eigenvalue weighted by Crippen LogP contribution is -2.38. The van der Waals surface area contributed by atoms with Crippen molar-refractivity contribution in [1.29, 1.82) is 0 Å². The average Bonchev–Trinajstić information content (AvgIpc) is 2.43. The third kappa shape index (κ3) is 1.84. The highest BCUT2D eigenvalue weighted by molar-refractivity contribution is 6.30. The summed E-state index contributed by atoms with van der Waals surface area (Å²) < 4.78 is 1.95. The molecule has 2 heterocycles. The summed E-state index contributed by atoms with van der Waals surface area (Å²) in [6.45, 7) is 7.81. The smallest absolute Gasteiger partial charge is 0.204 e. The molecule has 2 rings (SSSR count). The zero-order valence-electron chi connectivity index (χ0n) is 9.34. The number of anilines is 1. The first-order valence-electron chi connectivity index (χ1n) is 5.15. The summed E-state index contributed by atoms with van der Waals surface area (Å²) in [6.07, 6.45) is 0. The predicted molar refractivity (Wildman–Crippen MR) is 62.4 cm³/mol. The molecule has 0 saturated carbocycles. The van der Waals surface area contributed by atoms with Crippen LogP contribution in [0.1, 0.15) is 26.5 Å². The summed E-state index contributed by atoms with van der Waals surface area (Å²) in [5.74, 6) is 0.839. The van der Waals surface area contributed by atoms with Crippen LogP contribution >= 0.6 is 11.6 Å². The van der Waals surface area contributed by atoms with E-state index in [2.05, 4.69) is 31.1 Å². The van der Waals surface area contributed by atoms with Crippen molar-refractivity contribution in [2.75, 3.05) is 11.9 Å². The number of aromatic nitrogens is 2. The van der Waals surface area contributed by atoms with Gasteiger partial charge in [-0.3, -0.25) is 4.57 Å². The van der Waals surface area contributed by atoms with Crippen molar-refractivity contribution < 1.29 is 0 Å². The van der Waals surface area contributed by atoms with E-state index >= 15 is 0 Å². The van der Waals surface area contributed by atoms with Crippen LogP contribution in [0.3, 0.4) is 0 Å². The summed E-state index contributed by atoms with van der Waals surface area (Å²) in [7, 11) is 0. The molecule has 1 aliphatic rings. The number of imidazole rings is 1. The number of fused-ring (bicyclic) bond motifs is 1. The zero-order valence-corrected chi connectivity index (χ0v) is 10.1. The molecule has 1 aromatic heterocycles. The number of rotatable bonds is 0. The highest BCUT2D eigenvalue weighted by Crippen LogP contribution is 2.32. The first kappa shape index (κ1) is 10.8. The van der Waals surface area contributed by atoms with Crippen molar-refractivity contribution in [2.45, 2.75) is 38.8 Å². The SMILES string of the molecule is CC(C)(C)c1nc2n(c1Cl)CC(N)CN2. The standard InChI is InChI=1S/C10H17ClN4/c1-10(2,3)7-8(11)15-5-6(12)4-13-9(15)14-7/h6H,4-5,12H2,1-3H3,(H,13,14). The Morgan fingerprint density at radius 2 is 2.20 bits per heavy atom. The van der Waals surface area contributed by atoms with E-state index in [1.807, 2.05) is 4.57 Å². The minimum atomic E-state index is -0.0345. The summed E-state index contributed by atoms with van der Waals surface area (Å²) in [6, 6.07) is 0.108. The Bertz CT molecular complexity index is 378. The molecule has 3 N–H and O–H groups in total. The lowest BCUT2D eigenvalue weighted by molar-refractivity contribution is 0.540. The molecule has 1 unspecified atom stereocenters. The molecule has 0 aliphatic carbocycles. The molecule has 5 heteroatoms. The molecule has 0 amide bonds. The minimum Gasteiger partial charge on any atom is -0.354 e. The summed E-state index contributed by atoms with van der Waals surface area (Å²) in [5.41, 5.74) is 6.76. The van der Waals surface area contributed by atoms with Gasteiger partial charge in [0.1, 0.15) is 5.15 Å². The van der Waals surface area contributed by atoms with Crippen LogP contribution in [0.2, 0.25) is 5.15 Å². The number of nitrogens with zero attached hydrogens (tertiary/aromatic N) is 2. The number of hydrogen-bond acceptors (Lipinski definition) is 3. The van der Waals surface area contributed by atoms with Crippen molar-refractivity contribution in [3.05, 3.63) is 10.8 Å². The second kappa shape index (κ2) is 3.39. The number of halogens is 1. The Labute approximate surface area is 94.8 Å². The largest absolute Gasteiger partial charge is 0.354 e. The highest BCUT2D eigenvalue weighted by atomic mass is 35.5. The van der Waals surface area contributed by atoms with Crippen molar-refractivity contribution in [3.63, 3.8) is 0 Å². The Kier molecular flexibility index (Phi) is 2.43. The second-order valence-corrected chi connectivity index (χ2v) is 5.43. The van der Waals surface area contributed by atoms with Gasteiger partial charge >= 0.3 is 0 Å². The quantitative estimate of drug-likeness (QED) is 0.709. The van der Waals surface area contributed by atoms with Gasteiger partial charge in [0.15, 0.2) is 0 Å². The van der Waals surface area contributed by atoms with Gasteiger partial charge in [-0.05, 0) is 0 Å². The fraction of sp³-hybridized carbons (Fsp3) is 0.700. The van der Waals surface area contributed by atoms with Crippen molar-refractivity contribution >= 4 is 17.5 Å². The van der Waals surface area contributed by atoms with E-state index in [1.54, 1.807) is 0 Å². The third-order valence-corrected chi connectivity index (χ3v) is 2.94. The fourth-order valence-corrected chi connectivity index (χ4v) is 2.21. The van der Waals surface area contributed by atoms with Gasteiger partial charge in [-0.2, -0.15) is 0 Å². The van der Waals surface area contributed by atoms with Crippen LogP contribution in [0.25, 0.3) is 0 Å². The molecular weight excluding hydrogens is 212 g/mol. The third-order valence-electron chi connectivity index (χ3n) is 2.56. The van der Waals surface area contributed by atoms with Gasteiger partial charge in [-0.1, -0.05) is 32.4 Å². The molecule has 4 nitrogen and oxygen atoms in total. The average molecular weight is 229 g/mol. The van der Waals surface area contributed by atoms with Crippen LogP contribution in [-0.4, -0.2) is 22.1 Å². The van der Waals surface area contributed by atoms with Gasteiger partial charge in [0, 0.05) is 24.5 Å². The van der Waals surface area contributed by atoms with Crippen LogP contribution in [0.15, 0.2) is 0 Å². The van der Waals surface area contributed by atoms with Gasteiger partial charge in [0.05, 0.1) is 5.69 Å². The van der Waals surface area contributed by atoms with Gasteiger partial charge < -0.3 is 11.1 Å². The predicted octanol–water partition coefficient (Wildman–Crippen LogP) is 1.59. The number of hydrogen-bond donors (Lipinski definition) is 2. The summed E-state index contributed by atoms with van der Waals surface area (Å²) in [5, 5.41) is 3.90. The van der Waals surface area contributed by atoms with Crippen LogP contribution in [0.5, 0.6) is 0 Å². The molecule has 0 radical (unpaired) electrons. The zero-order chi connectivity index (χ0) is 11.2. The van der Waals surface area contributed by atoms with Gasteiger partial charge in [0.25, 0.3) is 0 Å². The van der Waals surface area contributed by atoms with E-state index in [0.717, 1.165) is 24.7 Å². The molecule has 0 bridgehead atoms. The van der Waals surface area contributed by atoms with Crippen LogP contribution < -0.4 is 11.1 Å². The van der Waals surface area contributed by atoms with Gasteiger partial charge in [-0.25, -0.2) is 4.98 Å². The van der Waals surface area contributed by atoms with Gasteiger partial charge in [-0.15, -0.1) is 0 Å². The molecular formula is C10H17ClN4. The molecule has 0 fully saturated rings. The molecule has 0 aromatic carbocycles. The Morgan fingerprint density at radius 1 is 1.53 bits per heavy atom. The number of nitrogens with two attached hydrogens (primary N) is 1. The van der Waals surface area contributed by atoms with E-state index in [0.29, 0.717) is 5.15 Å². The van der Waals surface area contributed by atoms with E-state index in [1.165, 1.54) is 0 Å². The lowest BCUT2D eigenvalue weighted by atomic mass is 9.93. The Morgan fingerprint density at radius 3 is 2.80 bits per heavy atom. The lowest BCUT2D eigenvalue weighted by Gasteiger charge is -2.22. The molecule has 1 atom stereocenters. The topological polar surface area (TPSA) is 55.9 Å². The fourth-order valence-electron chi connectivity index (χ4n) is 1.73. The summed E-state index contributed by atoms with van der Waals surface area (Å²) in [4.78, 5) is 4.52. The van der Waals surface area contributed by atoms with Crippen LogP contribution in [-0.2, 0) is 12.0 Å². The first-order chi connectivity index (χ1) is 6.89. The van der Waals surface area contributed by atoms with Crippen molar-refractivity contribution in [2.24, 2.45) is 5.73 Å². The maximum atomic E-state index is 6.30. The Balaban J connectivity index is 2.46. The van der Waals surface area contributed by atoms with E-state index < -0.39 is 0 Å². The van der Waals surface area contributed by atoms with Crippen LogP contribution in [0.4, 0.5) is 5.95 Å². The normalized spacial score (nSPS) is 21.0. The van der Waals surface area contributed by atoms with E-state index in [9.17, 15) is 0 Å². The molecule has 1 aromatic rings. The molecule has 1 aliphatic heterocycles. The second-order valence-electron chi connectivity index (χ2n) is 5.08. The van der Waals surface area contributed by atoms with Crippen LogP contribution in [0, 0.1) is 0 Å². The maximum absolute atomic E-state index is 6.30. The molecule has 0 saturated heterocycles. The van der Waals surface area contributed by atoms with Gasteiger partial charge in [0.2, 0.25) is 5.95 Å². The van der Waals surface area contributed by atoms with Crippen molar-refractivity contribution in [3.8, 4) is 0 Å². The van der Waals surface area contributed by atoms with E-state index in [-0.39, 0.29) is 11.5 Å². The first-order valence-corrected chi connectivity index (χ1v) is 5.53.